The first-order valence-corrected chi connectivity index (χ1v) is 6.23. The molecule has 108 valence electrons. The fourth-order valence-electron chi connectivity index (χ4n) is 1.88. The first kappa shape index (κ1) is 15.7. The van der Waals surface area contributed by atoms with Crippen LogP contribution in [0.15, 0.2) is 17.2 Å². The molecule has 0 saturated heterocycles. The summed E-state index contributed by atoms with van der Waals surface area (Å²) >= 11 is 0. The van der Waals surface area contributed by atoms with E-state index in [9.17, 15) is 4.79 Å². The van der Waals surface area contributed by atoms with Gasteiger partial charge in [0.05, 0.1) is 19.9 Å². The third kappa shape index (κ3) is 3.13. The molecule has 7 nitrogen and oxygen atoms in total. The third-order valence-electron chi connectivity index (χ3n) is 2.91. The van der Waals surface area contributed by atoms with Gasteiger partial charge in [0.1, 0.15) is 0 Å². The number of hydrogen-bond donors (Lipinski definition) is 0. The average Bonchev–Trinajstić information content (AvgIpc) is 2.47. The van der Waals surface area contributed by atoms with E-state index in [1.54, 1.807) is 11.0 Å². The van der Waals surface area contributed by atoms with E-state index in [2.05, 4.69) is 10.0 Å². The standard InChI is InChI=1S/C13H18N4O3/c1-5-17(6-2)13(18)9-7-10(15-16-14)12(20-4)11(8-9)19-3/h7-8H,5-6H2,1-4H3. The maximum atomic E-state index is 12.3. The first-order chi connectivity index (χ1) is 9.62. The number of rotatable bonds is 6. The van der Waals surface area contributed by atoms with Gasteiger partial charge in [-0.3, -0.25) is 4.79 Å². The van der Waals surface area contributed by atoms with Crippen LogP contribution >= 0.6 is 0 Å². The highest BCUT2D eigenvalue weighted by atomic mass is 16.5. The first-order valence-electron chi connectivity index (χ1n) is 6.23. The highest BCUT2D eigenvalue weighted by Crippen LogP contribution is 2.38. The highest BCUT2D eigenvalue weighted by Gasteiger charge is 2.18. The predicted molar refractivity (Wildman–Crippen MR) is 75.6 cm³/mol. The van der Waals surface area contributed by atoms with E-state index < -0.39 is 0 Å². The lowest BCUT2D eigenvalue weighted by Crippen LogP contribution is -2.30. The van der Waals surface area contributed by atoms with Gasteiger partial charge in [0, 0.05) is 23.6 Å². The molecule has 0 fully saturated rings. The van der Waals surface area contributed by atoms with E-state index in [1.165, 1.54) is 20.3 Å². The van der Waals surface area contributed by atoms with E-state index in [-0.39, 0.29) is 11.6 Å². The van der Waals surface area contributed by atoms with Crippen LogP contribution in [0.5, 0.6) is 11.5 Å². The van der Waals surface area contributed by atoms with Gasteiger partial charge in [-0.05, 0) is 31.5 Å². The van der Waals surface area contributed by atoms with Gasteiger partial charge < -0.3 is 14.4 Å². The summed E-state index contributed by atoms with van der Waals surface area (Å²) < 4.78 is 10.3. The fraction of sp³-hybridized carbons (Fsp3) is 0.462. The molecule has 0 spiro atoms. The number of benzene rings is 1. The van der Waals surface area contributed by atoms with Crippen LogP contribution in [0.25, 0.3) is 10.4 Å². The molecule has 1 aromatic rings. The Morgan fingerprint density at radius 2 is 1.95 bits per heavy atom. The second-order valence-electron chi connectivity index (χ2n) is 3.90. The molecule has 0 bridgehead atoms. The molecule has 20 heavy (non-hydrogen) atoms. The van der Waals surface area contributed by atoms with Gasteiger partial charge in [0.25, 0.3) is 5.91 Å². The number of carbonyl (C=O) groups is 1. The lowest BCUT2D eigenvalue weighted by Gasteiger charge is -2.20. The Morgan fingerprint density at radius 3 is 2.40 bits per heavy atom. The minimum atomic E-state index is -0.148. The number of azide groups is 1. The zero-order valence-electron chi connectivity index (χ0n) is 12.1. The summed E-state index contributed by atoms with van der Waals surface area (Å²) in [5.74, 6) is 0.514. The molecule has 0 aliphatic heterocycles. The largest absolute Gasteiger partial charge is 0.493 e. The summed E-state index contributed by atoms with van der Waals surface area (Å²) in [6.07, 6.45) is 0. The van der Waals surface area contributed by atoms with Gasteiger partial charge in [-0.2, -0.15) is 0 Å². The van der Waals surface area contributed by atoms with Gasteiger partial charge in [-0.15, -0.1) is 0 Å². The molecule has 1 rings (SSSR count). The van der Waals surface area contributed by atoms with Crippen LogP contribution in [0.1, 0.15) is 24.2 Å². The smallest absolute Gasteiger partial charge is 0.253 e. The van der Waals surface area contributed by atoms with E-state index in [0.717, 1.165) is 0 Å². The molecule has 0 aliphatic rings. The fourth-order valence-corrected chi connectivity index (χ4v) is 1.88. The van der Waals surface area contributed by atoms with E-state index in [0.29, 0.717) is 30.2 Å². The maximum Gasteiger partial charge on any atom is 0.253 e. The van der Waals surface area contributed by atoms with Crippen LogP contribution in [0.3, 0.4) is 0 Å². The van der Waals surface area contributed by atoms with Crippen LogP contribution in [0.4, 0.5) is 5.69 Å². The van der Waals surface area contributed by atoms with E-state index in [4.69, 9.17) is 15.0 Å². The Morgan fingerprint density at radius 1 is 1.30 bits per heavy atom. The molecular weight excluding hydrogens is 260 g/mol. The number of methoxy groups -OCH3 is 2. The zero-order valence-corrected chi connectivity index (χ0v) is 12.1. The summed E-state index contributed by atoms with van der Waals surface area (Å²) in [7, 11) is 2.91. The average molecular weight is 278 g/mol. The van der Waals surface area contributed by atoms with Crippen LogP contribution in [0, 0.1) is 0 Å². The van der Waals surface area contributed by atoms with Crippen LogP contribution in [-0.4, -0.2) is 38.1 Å². The molecule has 0 heterocycles. The monoisotopic (exact) mass is 278 g/mol. The van der Waals surface area contributed by atoms with Gasteiger partial charge in [-0.1, -0.05) is 5.11 Å². The molecule has 0 atom stereocenters. The second kappa shape index (κ2) is 7.25. The summed E-state index contributed by atoms with van der Waals surface area (Å²) in [5.41, 5.74) is 9.22. The number of ether oxygens (including phenoxy) is 2. The number of carbonyl (C=O) groups excluding carboxylic acids is 1. The molecule has 0 N–H and O–H groups in total. The summed E-state index contributed by atoms with van der Waals surface area (Å²) in [5, 5.41) is 3.54. The third-order valence-corrected chi connectivity index (χ3v) is 2.91. The zero-order chi connectivity index (χ0) is 15.1. The van der Waals surface area contributed by atoms with Gasteiger partial charge >= 0.3 is 0 Å². The van der Waals surface area contributed by atoms with Crippen molar-refractivity contribution in [1.82, 2.24) is 4.90 Å². The van der Waals surface area contributed by atoms with E-state index in [1.807, 2.05) is 13.8 Å². The van der Waals surface area contributed by atoms with Crippen molar-refractivity contribution in [3.8, 4) is 11.5 Å². The maximum absolute atomic E-state index is 12.3. The van der Waals surface area contributed by atoms with Crippen molar-refractivity contribution < 1.29 is 14.3 Å². The van der Waals surface area contributed by atoms with Crippen molar-refractivity contribution in [3.05, 3.63) is 28.1 Å². The van der Waals surface area contributed by atoms with Gasteiger partial charge in [0.2, 0.25) is 0 Å². The molecule has 0 radical (unpaired) electrons. The lowest BCUT2D eigenvalue weighted by molar-refractivity contribution is 0.0772. The van der Waals surface area contributed by atoms with Crippen molar-refractivity contribution >= 4 is 11.6 Å². The van der Waals surface area contributed by atoms with Gasteiger partial charge in [0.15, 0.2) is 11.5 Å². The number of nitrogens with zero attached hydrogens (tertiary/aromatic N) is 4. The van der Waals surface area contributed by atoms with Crippen molar-refractivity contribution in [2.45, 2.75) is 13.8 Å². The molecule has 7 heteroatoms. The minimum absolute atomic E-state index is 0.148. The second-order valence-corrected chi connectivity index (χ2v) is 3.90. The Bertz CT molecular complexity index is 535. The Hall–Kier alpha value is -2.40. The summed E-state index contributed by atoms with van der Waals surface area (Å²) in [6, 6.07) is 3.08. The normalized spacial score (nSPS) is 9.60. The van der Waals surface area contributed by atoms with Crippen LogP contribution in [0.2, 0.25) is 0 Å². The van der Waals surface area contributed by atoms with Gasteiger partial charge in [-0.25, -0.2) is 0 Å². The molecule has 0 aliphatic carbocycles. The topological polar surface area (TPSA) is 87.5 Å². The minimum Gasteiger partial charge on any atom is -0.493 e. The highest BCUT2D eigenvalue weighted by molar-refractivity contribution is 5.96. The predicted octanol–water partition coefficient (Wildman–Crippen LogP) is 3.13. The van der Waals surface area contributed by atoms with Crippen molar-refractivity contribution in [2.24, 2.45) is 5.11 Å². The Balaban J connectivity index is 3.38. The summed E-state index contributed by atoms with van der Waals surface area (Å²) in [4.78, 5) is 16.7. The Kier molecular flexibility index (Phi) is 5.68. The lowest BCUT2D eigenvalue weighted by atomic mass is 10.1. The molecule has 1 aromatic carbocycles. The number of hydrogen-bond acceptors (Lipinski definition) is 4. The van der Waals surface area contributed by atoms with Crippen molar-refractivity contribution in [2.75, 3.05) is 27.3 Å². The molecule has 0 unspecified atom stereocenters. The molecule has 0 aromatic heterocycles. The van der Waals surface area contributed by atoms with Crippen LogP contribution in [-0.2, 0) is 0 Å². The van der Waals surface area contributed by atoms with Crippen LogP contribution < -0.4 is 9.47 Å². The quantitative estimate of drug-likeness (QED) is 0.455. The molecule has 0 saturated carbocycles. The van der Waals surface area contributed by atoms with Crippen molar-refractivity contribution in [3.63, 3.8) is 0 Å². The number of amides is 1. The van der Waals surface area contributed by atoms with Crippen molar-refractivity contribution in [1.29, 1.82) is 0 Å². The Labute approximate surface area is 117 Å². The summed E-state index contributed by atoms with van der Waals surface area (Å²) in [6.45, 7) is 4.99. The molecular formula is C13H18N4O3. The SMILES string of the molecule is CCN(CC)C(=O)c1cc(N=[N+]=[N-])c(OC)c(OC)c1. The molecule has 1 amide bonds. The van der Waals surface area contributed by atoms with E-state index >= 15 is 0 Å².